The van der Waals surface area contributed by atoms with E-state index >= 15 is 0 Å². The third-order valence-electron chi connectivity index (χ3n) is 4.89. The normalized spacial score (nSPS) is 17.4. The van der Waals surface area contributed by atoms with Crippen molar-refractivity contribution in [1.29, 1.82) is 5.26 Å². The highest BCUT2D eigenvalue weighted by Gasteiger charge is 2.46. The van der Waals surface area contributed by atoms with Crippen LogP contribution in [0.1, 0.15) is 49.8 Å². The number of rotatable bonds is 7. The van der Waals surface area contributed by atoms with Crippen LogP contribution in [-0.2, 0) is 16.1 Å². The largest absolute Gasteiger partial charge is 0.489 e. The molecule has 1 fully saturated rings. The van der Waals surface area contributed by atoms with Crippen LogP contribution in [0.15, 0.2) is 48.5 Å². The predicted octanol–water partition coefficient (Wildman–Crippen LogP) is 4.31. The van der Waals surface area contributed by atoms with Gasteiger partial charge in [-0.3, -0.25) is 9.69 Å². The Morgan fingerprint density at radius 3 is 2.32 bits per heavy atom. The first kappa shape index (κ1) is 22.2. The third kappa shape index (κ3) is 6.22. The Bertz CT molecular complexity index is 971. The maximum atomic E-state index is 12.5. The zero-order chi connectivity index (χ0) is 22.6. The van der Waals surface area contributed by atoms with E-state index in [1.54, 1.807) is 32.9 Å². The van der Waals surface area contributed by atoms with Gasteiger partial charge in [-0.15, -0.1) is 0 Å². The van der Waals surface area contributed by atoms with Gasteiger partial charge >= 0.3 is 12.1 Å². The van der Waals surface area contributed by atoms with Crippen molar-refractivity contribution in [3.8, 4) is 11.8 Å². The van der Waals surface area contributed by atoms with Crippen LogP contribution in [0.5, 0.6) is 5.75 Å². The van der Waals surface area contributed by atoms with Gasteiger partial charge < -0.3 is 14.6 Å². The van der Waals surface area contributed by atoms with Crippen LogP contribution in [-0.4, -0.2) is 40.3 Å². The van der Waals surface area contributed by atoms with Gasteiger partial charge in [0.1, 0.15) is 24.5 Å². The van der Waals surface area contributed by atoms with Crippen molar-refractivity contribution < 1.29 is 24.2 Å². The number of nitriles is 1. The topological polar surface area (TPSA) is 99.9 Å². The fourth-order valence-electron chi connectivity index (χ4n) is 3.32. The third-order valence-corrected chi connectivity index (χ3v) is 4.89. The Morgan fingerprint density at radius 2 is 1.77 bits per heavy atom. The van der Waals surface area contributed by atoms with Gasteiger partial charge in [-0.2, -0.15) is 5.26 Å². The summed E-state index contributed by atoms with van der Waals surface area (Å²) in [4.78, 5) is 25.0. The van der Waals surface area contributed by atoms with Gasteiger partial charge in [0.05, 0.1) is 11.6 Å². The number of carbonyl (C=O) groups is 2. The fraction of sp³-hybridized carbons (Fsp3) is 0.375. The van der Waals surface area contributed by atoms with Crippen LogP contribution < -0.4 is 4.74 Å². The van der Waals surface area contributed by atoms with Gasteiger partial charge in [-0.25, -0.2) is 4.79 Å². The number of nitrogens with zero attached hydrogens (tertiary/aromatic N) is 2. The number of hydrogen-bond donors (Lipinski definition) is 1. The Morgan fingerprint density at radius 1 is 1.13 bits per heavy atom. The molecule has 0 bridgehead atoms. The minimum Gasteiger partial charge on any atom is -0.489 e. The predicted molar refractivity (Wildman–Crippen MR) is 114 cm³/mol. The Kier molecular flexibility index (Phi) is 6.50. The van der Waals surface area contributed by atoms with Crippen LogP contribution in [0, 0.1) is 11.3 Å². The van der Waals surface area contributed by atoms with E-state index in [0.29, 0.717) is 24.3 Å². The molecule has 1 N–H and O–H groups in total. The van der Waals surface area contributed by atoms with Crippen LogP contribution in [0.2, 0.25) is 0 Å². The van der Waals surface area contributed by atoms with Crippen molar-refractivity contribution in [2.75, 3.05) is 6.54 Å². The summed E-state index contributed by atoms with van der Waals surface area (Å²) in [5.74, 6) is -0.289. The van der Waals surface area contributed by atoms with Crippen molar-refractivity contribution in [2.24, 2.45) is 0 Å². The average molecular weight is 422 g/mol. The maximum Gasteiger partial charge on any atom is 0.411 e. The molecule has 1 aliphatic carbocycles. The summed E-state index contributed by atoms with van der Waals surface area (Å²) in [5.41, 5.74) is 1.91. The minimum atomic E-state index is -1.07. The lowest BCUT2D eigenvalue weighted by molar-refractivity contribution is -0.138. The average Bonchev–Trinajstić information content (AvgIpc) is 3.50. The summed E-state index contributed by atoms with van der Waals surface area (Å²) in [7, 11) is 0. The van der Waals surface area contributed by atoms with E-state index in [1.807, 2.05) is 36.4 Å². The standard InChI is InChI=1S/C24H26N2O5/c1-24(2,3)31-23(29)26(14-22(27)28)21-12-20(21)18-8-10-19(11-9-18)30-15-17-6-4-16(13-25)5-7-17/h4-11,20-21H,12,14-15H2,1-3H3,(H,27,28). The van der Waals surface area contributed by atoms with Crippen LogP contribution in [0.4, 0.5) is 4.79 Å². The molecule has 0 heterocycles. The summed E-state index contributed by atoms with van der Waals surface area (Å²) in [5, 5.41) is 18.1. The lowest BCUT2D eigenvalue weighted by Gasteiger charge is -2.26. The molecule has 0 aliphatic heterocycles. The first-order chi connectivity index (χ1) is 14.7. The maximum absolute atomic E-state index is 12.5. The van der Waals surface area contributed by atoms with E-state index < -0.39 is 17.7 Å². The highest BCUT2D eigenvalue weighted by atomic mass is 16.6. The van der Waals surface area contributed by atoms with E-state index in [1.165, 1.54) is 4.90 Å². The Labute approximate surface area is 181 Å². The molecule has 3 rings (SSSR count). The molecule has 0 radical (unpaired) electrons. The molecule has 0 aromatic heterocycles. The number of amides is 1. The van der Waals surface area contributed by atoms with Crippen LogP contribution in [0.3, 0.4) is 0 Å². The molecule has 1 amide bonds. The van der Waals surface area contributed by atoms with Crippen molar-refractivity contribution >= 4 is 12.1 Å². The van der Waals surface area contributed by atoms with E-state index in [-0.39, 0.29) is 18.5 Å². The highest BCUT2D eigenvalue weighted by Crippen LogP contribution is 2.45. The Hall–Kier alpha value is -3.53. The Balaban J connectivity index is 1.59. The van der Waals surface area contributed by atoms with Crippen molar-refractivity contribution in [2.45, 2.75) is 51.4 Å². The molecule has 162 valence electrons. The van der Waals surface area contributed by atoms with Gasteiger partial charge in [-0.1, -0.05) is 24.3 Å². The first-order valence-electron chi connectivity index (χ1n) is 10.1. The lowest BCUT2D eigenvalue weighted by atomic mass is 10.1. The smallest absolute Gasteiger partial charge is 0.411 e. The molecule has 2 aromatic rings. The summed E-state index contributed by atoms with van der Waals surface area (Å²) in [6.07, 6.45) is 0.0857. The number of carboxylic acid groups (broad SMARTS) is 1. The second-order valence-corrected chi connectivity index (χ2v) is 8.58. The van der Waals surface area contributed by atoms with Gasteiger partial charge in [0.15, 0.2) is 0 Å². The summed E-state index contributed by atoms with van der Waals surface area (Å²) in [6.45, 7) is 5.27. The SMILES string of the molecule is CC(C)(C)OC(=O)N(CC(=O)O)C1CC1c1ccc(OCc2ccc(C#N)cc2)cc1. The van der Waals surface area contributed by atoms with Crippen LogP contribution in [0.25, 0.3) is 0 Å². The number of benzene rings is 2. The van der Waals surface area contributed by atoms with E-state index in [4.69, 9.17) is 14.7 Å². The number of hydrogen-bond acceptors (Lipinski definition) is 5. The molecule has 2 aromatic carbocycles. The molecule has 0 saturated heterocycles. The lowest BCUT2D eigenvalue weighted by Crippen LogP contribution is -2.41. The number of ether oxygens (including phenoxy) is 2. The summed E-state index contributed by atoms with van der Waals surface area (Å²) in [6, 6.07) is 16.7. The zero-order valence-electron chi connectivity index (χ0n) is 17.9. The number of carbonyl (C=O) groups excluding carboxylic acids is 1. The van der Waals surface area contributed by atoms with Gasteiger partial charge in [0.25, 0.3) is 0 Å². The molecule has 7 heteroatoms. The number of carboxylic acids is 1. The number of aliphatic carboxylic acids is 1. The fourth-order valence-corrected chi connectivity index (χ4v) is 3.32. The van der Waals surface area contributed by atoms with Gasteiger partial charge in [-0.05, 0) is 62.6 Å². The summed E-state index contributed by atoms with van der Waals surface area (Å²) >= 11 is 0. The van der Waals surface area contributed by atoms with E-state index in [2.05, 4.69) is 6.07 Å². The molecule has 31 heavy (non-hydrogen) atoms. The molecule has 2 unspecified atom stereocenters. The van der Waals surface area contributed by atoms with Crippen LogP contribution >= 0.6 is 0 Å². The minimum absolute atomic E-state index is 0.0689. The molecule has 1 saturated carbocycles. The second-order valence-electron chi connectivity index (χ2n) is 8.58. The van der Waals surface area contributed by atoms with Gasteiger partial charge in [0, 0.05) is 12.0 Å². The van der Waals surface area contributed by atoms with Crippen molar-refractivity contribution in [3.63, 3.8) is 0 Å². The highest BCUT2D eigenvalue weighted by molar-refractivity contribution is 5.77. The molecule has 1 aliphatic rings. The van der Waals surface area contributed by atoms with E-state index in [0.717, 1.165) is 11.1 Å². The molecule has 2 atom stereocenters. The second kappa shape index (κ2) is 9.09. The molecular weight excluding hydrogens is 396 g/mol. The molecule has 0 spiro atoms. The first-order valence-corrected chi connectivity index (χ1v) is 10.1. The van der Waals surface area contributed by atoms with Crippen molar-refractivity contribution in [3.05, 3.63) is 65.2 Å². The van der Waals surface area contributed by atoms with Gasteiger partial charge in [0.2, 0.25) is 0 Å². The monoisotopic (exact) mass is 422 g/mol. The summed E-state index contributed by atoms with van der Waals surface area (Å²) < 4.78 is 11.2. The van der Waals surface area contributed by atoms with E-state index in [9.17, 15) is 14.7 Å². The molecule has 7 nitrogen and oxygen atoms in total. The van der Waals surface area contributed by atoms with Crippen molar-refractivity contribution in [1.82, 2.24) is 4.90 Å². The molecular formula is C24H26N2O5. The quantitative estimate of drug-likeness (QED) is 0.713. The zero-order valence-corrected chi connectivity index (χ0v) is 17.9.